The summed E-state index contributed by atoms with van der Waals surface area (Å²) >= 11 is 0. The molecule has 0 bridgehead atoms. The number of nitrogens with one attached hydrogen (secondary N) is 1. The first-order valence-corrected chi connectivity index (χ1v) is 8.77. The summed E-state index contributed by atoms with van der Waals surface area (Å²) in [6, 6.07) is 12.5. The molecule has 2 aliphatic rings. The van der Waals surface area contributed by atoms with Gasteiger partial charge in [0.1, 0.15) is 5.82 Å². The SMILES string of the molecule is C=C1NC=C(c2cccc(CC(=O)N3Cc4ccc(F)cc4C3)c2)C=C1N. The standard InChI is InChI=1S/C22H20FN3O/c1-14-21(24)10-18(11-25-14)16-4-2-3-15(7-16)8-22(27)26-12-17-5-6-20(23)9-19(17)13-26/h2-7,9-11,25H,1,8,12-13,24H2. The molecule has 2 aliphatic heterocycles. The molecule has 3 N–H and O–H groups in total. The Balaban J connectivity index is 1.48. The van der Waals surface area contributed by atoms with Crippen molar-refractivity contribution < 1.29 is 9.18 Å². The van der Waals surface area contributed by atoms with Gasteiger partial charge in [-0.2, -0.15) is 0 Å². The fraction of sp³-hybridized carbons (Fsp3) is 0.136. The van der Waals surface area contributed by atoms with Crippen LogP contribution in [0.2, 0.25) is 0 Å². The number of rotatable bonds is 3. The maximum atomic E-state index is 13.4. The Labute approximate surface area is 157 Å². The summed E-state index contributed by atoms with van der Waals surface area (Å²) in [5.41, 5.74) is 11.9. The summed E-state index contributed by atoms with van der Waals surface area (Å²) in [5.74, 6) is -0.233. The van der Waals surface area contributed by atoms with Crippen LogP contribution in [-0.4, -0.2) is 10.8 Å². The van der Waals surface area contributed by atoms with Crippen molar-refractivity contribution in [2.24, 2.45) is 5.73 Å². The summed E-state index contributed by atoms with van der Waals surface area (Å²) in [4.78, 5) is 14.5. The summed E-state index contributed by atoms with van der Waals surface area (Å²) in [5, 5.41) is 3.04. The van der Waals surface area contributed by atoms with Gasteiger partial charge in [-0.15, -0.1) is 0 Å². The van der Waals surface area contributed by atoms with Gasteiger partial charge in [0.05, 0.1) is 17.8 Å². The van der Waals surface area contributed by atoms with Gasteiger partial charge in [-0.05, 0) is 46.0 Å². The molecule has 27 heavy (non-hydrogen) atoms. The molecule has 2 aromatic carbocycles. The number of nitrogens with zero attached hydrogens (tertiary/aromatic N) is 1. The molecule has 5 heteroatoms. The first kappa shape index (κ1) is 17.1. The number of hydrogen-bond donors (Lipinski definition) is 2. The van der Waals surface area contributed by atoms with Crippen molar-refractivity contribution in [2.75, 3.05) is 0 Å². The smallest absolute Gasteiger partial charge is 0.227 e. The van der Waals surface area contributed by atoms with E-state index in [1.807, 2.05) is 36.5 Å². The van der Waals surface area contributed by atoms with Crippen molar-refractivity contribution in [3.05, 3.63) is 101 Å². The van der Waals surface area contributed by atoms with Crippen molar-refractivity contribution >= 4 is 11.5 Å². The summed E-state index contributed by atoms with van der Waals surface area (Å²) in [6.45, 7) is 4.82. The Morgan fingerprint density at radius 3 is 2.81 bits per heavy atom. The van der Waals surface area contributed by atoms with Crippen molar-refractivity contribution in [1.29, 1.82) is 0 Å². The highest BCUT2D eigenvalue weighted by atomic mass is 19.1. The number of fused-ring (bicyclic) bond motifs is 1. The van der Waals surface area contributed by atoms with Crippen LogP contribution in [0.3, 0.4) is 0 Å². The topological polar surface area (TPSA) is 58.4 Å². The van der Waals surface area contributed by atoms with Crippen LogP contribution in [0.1, 0.15) is 22.3 Å². The van der Waals surface area contributed by atoms with Gasteiger partial charge in [0.2, 0.25) is 5.91 Å². The number of hydrogen-bond acceptors (Lipinski definition) is 3. The third kappa shape index (κ3) is 3.49. The van der Waals surface area contributed by atoms with Crippen LogP contribution in [0.4, 0.5) is 4.39 Å². The number of carbonyl (C=O) groups is 1. The molecule has 4 rings (SSSR count). The number of amides is 1. The number of carbonyl (C=O) groups excluding carboxylic acids is 1. The lowest BCUT2D eigenvalue weighted by molar-refractivity contribution is -0.131. The highest BCUT2D eigenvalue weighted by Gasteiger charge is 2.23. The minimum absolute atomic E-state index is 0.0305. The average Bonchev–Trinajstić information content (AvgIpc) is 3.07. The highest BCUT2D eigenvalue weighted by Crippen LogP contribution is 2.25. The zero-order valence-corrected chi connectivity index (χ0v) is 14.8. The van der Waals surface area contributed by atoms with E-state index in [1.165, 1.54) is 12.1 Å². The Hall–Kier alpha value is -3.34. The number of halogens is 1. The van der Waals surface area contributed by atoms with Crippen molar-refractivity contribution in [3.63, 3.8) is 0 Å². The molecule has 0 saturated heterocycles. The van der Waals surface area contributed by atoms with E-state index in [4.69, 9.17) is 5.73 Å². The van der Waals surface area contributed by atoms with E-state index in [9.17, 15) is 9.18 Å². The first-order chi connectivity index (χ1) is 13.0. The number of benzene rings is 2. The third-order valence-electron chi connectivity index (χ3n) is 4.92. The first-order valence-electron chi connectivity index (χ1n) is 8.77. The highest BCUT2D eigenvalue weighted by molar-refractivity contribution is 5.81. The van der Waals surface area contributed by atoms with Gasteiger partial charge in [0.15, 0.2) is 0 Å². The molecule has 2 aromatic rings. The fourth-order valence-electron chi connectivity index (χ4n) is 3.40. The predicted molar refractivity (Wildman–Crippen MR) is 103 cm³/mol. The normalized spacial score (nSPS) is 15.7. The van der Waals surface area contributed by atoms with E-state index < -0.39 is 0 Å². The van der Waals surface area contributed by atoms with E-state index >= 15 is 0 Å². The van der Waals surface area contributed by atoms with Crippen molar-refractivity contribution in [3.8, 4) is 0 Å². The second-order valence-electron chi connectivity index (χ2n) is 6.86. The molecule has 2 heterocycles. The van der Waals surface area contributed by atoms with E-state index in [2.05, 4.69) is 11.9 Å². The number of nitrogens with two attached hydrogens (primary N) is 1. The Kier molecular flexibility index (Phi) is 4.28. The quantitative estimate of drug-likeness (QED) is 0.883. The van der Waals surface area contributed by atoms with Crippen LogP contribution in [0.25, 0.3) is 5.57 Å². The molecule has 0 saturated carbocycles. The Bertz CT molecular complexity index is 1010. The van der Waals surface area contributed by atoms with E-state index in [0.29, 0.717) is 30.9 Å². The monoisotopic (exact) mass is 361 g/mol. The van der Waals surface area contributed by atoms with Gasteiger partial charge in [-0.1, -0.05) is 36.9 Å². The molecule has 0 radical (unpaired) electrons. The van der Waals surface area contributed by atoms with E-state index in [0.717, 1.165) is 27.8 Å². The second kappa shape index (κ2) is 6.76. The lowest BCUT2D eigenvalue weighted by Gasteiger charge is -2.17. The van der Waals surface area contributed by atoms with Gasteiger partial charge in [0.25, 0.3) is 0 Å². The number of dihydropyridines is 1. The van der Waals surface area contributed by atoms with E-state index in [1.54, 1.807) is 11.0 Å². The minimum Gasteiger partial charge on any atom is -0.397 e. The van der Waals surface area contributed by atoms with Crippen LogP contribution in [0.5, 0.6) is 0 Å². The largest absolute Gasteiger partial charge is 0.397 e. The van der Waals surface area contributed by atoms with Gasteiger partial charge in [-0.25, -0.2) is 4.39 Å². The van der Waals surface area contributed by atoms with Crippen molar-refractivity contribution in [1.82, 2.24) is 10.2 Å². The predicted octanol–water partition coefficient (Wildman–Crippen LogP) is 3.21. The summed E-state index contributed by atoms with van der Waals surface area (Å²) < 4.78 is 13.4. The summed E-state index contributed by atoms with van der Waals surface area (Å²) in [7, 11) is 0. The van der Waals surface area contributed by atoms with E-state index in [-0.39, 0.29) is 11.7 Å². The van der Waals surface area contributed by atoms with Crippen LogP contribution in [-0.2, 0) is 24.3 Å². The van der Waals surface area contributed by atoms with Gasteiger partial charge in [-0.3, -0.25) is 4.79 Å². The van der Waals surface area contributed by atoms with Crippen LogP contribution in [0, 0.1) is 5.82 Å². The molecule has 4 nitrogen and oxygen atoms in total. The van der Waals surface area contributed by atoms with Crippen LogP contribution < -0.4 is 11.1 Å². The van der Waals surface area contributed by atoms with Gasteiger partial charge < -0.3 is 16.0 Å². The molecule has 0 fully saturated rings. The maximum absolute atomic E-state index is 13.4. The third-order valence-corrected chi connectivity index (χ3v) is 4.92. The molecule has 0 unspecified atom stereocenters. The molecule has 0 atom stereocenters. The zero-order valence-electron chi connectivity index (χ0n) is 14.8. The Morgan fingerprint density at radius 1 is 1.19 bits per heavy atom. The lowest BCUT2D eigenvalue weighted by Crippen LogP contribution is -2.26. The molecule has 136 valence electrons. The second-order valence-corrected chi connectivity index (χ2v) is 6.86. The van der Waals surface area contributed by atoms with Crippen LogP contribution >= 0.6 is 0 Å². The van der Waals surface area contributed by atoms with Gasteiger partial charge in [0, 0.05) is 19.3 Å². The molecular formula is C22H20FN3O. The Morgan fingerprint density at radius 2 is 2.00 bits per heavy atom. The summed E-state index contributed by atoms with van der Waals surface area (Å²) in [6.07, 6.45) is 4.02. The fourth-order valence-corrected chi connectivity index (χ4v) is 3.40. The molecular weight excluding hydrogens is 341 g/mol. The van der Waals surface area contributed by atoms with Crippen molar-refractivity contribution in [2.45, 2.75) is 19.5 Å². The van der Waals surface area contributed by atoms with Gasteiger partial charge >= 0.3 is 0 Å². The zero-order chi connectivity index (χ0) is 19.0. The number of allylic oxidation sites excluding steroid dienone is 2. The average molecular weight is 361 g/mol. The molecule has 0 aromatic heterocycles. The molecule has 1 amide bonds. The lowest BCUT2D eigenvalue weighted by atomic mass is 9.99. The minimum atomic E-state index is -0.264. The molecule has 0 aliphatic carbocycles. The molecule has 0 spiro atoms. The van der Waals surface area contributed by atoms with Crippen LogP contribution in [0.15, 0.2) is 72.7 Å². The maximum Gasteiger partial charge on any atom is 0.227 e.